The first-order valence-corrected chi connectivity index (χ1v) is 10.8. The molecule has 10 nitrogen and oxygen atoms in total. The Morgan fingerprint density at radius 2 is 1.82 bits per heavy atom. The number of esters is 1. The van der Waals surface area contributed by atoms with Crippen LogP contribution in [0.2, 0.25) is 0 Å². The third-order valence-electron chi connectivity index (χ3n) is 4.55. The van der Waals surface area contributed by atoms with E-state index in [2.05, 4.69) is 24.5 Å². The summed E-state index contributed by atoms with van der Waals surface area (Å²) in [5.41, 5.74) is -0.0803. The maximum atomic E-state index is 12.8. The van der Waals surface area contributed by atoms with Crippen LogP contribution in [0, 0.1) is 0 Å². The van der Waals surface area contributed by atoms with Gasteiger partial charge in [-0.05, 0) is 19.1 Å². The van der Waals surface area contributed by atoms with Crippen LogP contribution in [0.3, 0.4) is 0 Å². The molecule has 0 fully saturated rings. The molecule has 0 saturated carbocycles. The van der Waals surface area contributed by atoms with Crippen molar-refractivity contribution in [2.45, 2.75) is 24.5 Å². The van der Waals surface area contributed by atoms with Crippen LogP contribution in [-0.4, -0.2) is 53.0 Å². The number of hydrogen-bond donors (Lipinski definition) is 2. The monoisotopic (exact) mass is 483 g/mol. The lowest BCUT2D eigenvalue weighted by Crippen LogP contribution is -2.29. The summed E-state index contributed by atoms with van der Waals surface area (Å²) in [5.74, 6) is -2.27. The molecule has 2 aromatic carbocycles. The number of aliphatic imine (C=N–C) groups is 1. The molecule has 0 unspecified atom stereocenters. The molecule has 2 N–H and O–H groups in total. The van der Waals surface area contributed by atoms with Gasteiger partial charge in [-0.3, -0.25) is 14.5 Å². The highest BCUT2D eigenvalue weighted by Crippen LogP contribution is 2.35. The van der Waals surface area contributed by atoms with E-state index >= 15 is 0 Å². The number of amides is 1. The highest BCUT2D eigenvalue weighted by Gasteiger charge is 2.31. The standard InChI is InChI=1S/C20H19F2N3O7S/c1-10(23-17-11-6-4-5-7-16(11)33(28,29)25-17)18(26)24-13-9-15(32-20(21)22)14(30-2)8-12(13)19(27)31-3/h4-10,20H,1-3H3,(H,23,25)(H,24,26)/t10-/m0/s1. The fourth-order valence-electron chi connectivity index (χ4n) is 3.01. The number of benzene rings is 2. The smallest absolute Gasteiger partial charge is 0.387 e. The number of halogens is 2. The third kappa shape index (κ3) is 5.03. The maximum Gasteiger partial charge on any atom is 0.387 e. The van der Waals surface area contributed by atoms with Crippen molar-refractivity contribution in [2.24, 2.45) is 4.99 Å². The number of ether oxygens (including phenoxy) is 3. The van der Waals surface area contributed by atoms with E-state index in [1.54, 1.807) is 12.1 Å². The number of anilines is 1. The minimum atomic E-state index is -3.81. The molecular formula is C20H19F2N3O7S. The van der Waals surface area contributed by atoms with Crippen molar-refractivity contribution in [1.29, 1.82) is 0 Å². The maximum absolute atomic E-state index is 12.8. The lowest BCUT2D eigenvalue weighted by Gasteiger charge is -2.16. The van der Waals surface area contributed by atoms with Crippen molar-refractivity contribution in [3.05, 3.63) is 47.5 Å². The molecule has 0 saturated heterocycles. The number of amidine groups is 1. The van der Waals surface area contributed by atoms with E-state index in [0.717, 1.165) is 19.2 Å². The second-order valence-corrected chi connectivity index (χ2v) is 8.31. The molecule has 1 amide bonds. The average Bonchev–Trinajstić information content (AvgIpc) is 3.03. The quantitative estimate of drug-likeness (QED) is 0.577. The van der Waals surface area contributed by atoms with Gasteiger partial charge >= 0.3 is 12.6 Å². The molecule has 1 aliphatic rings. The normalized spacial score (nSPS) is 16.0. The van der Waals surface area contributed by atoms with Crippen molar-refractivity contribution in [1.82, 2.24) is 4.72 Å². The minimum absolute atomic E-state index is 0.0216. The SMILES string of the molecule is COC(=O)c1cc(OC)c(OC(F)F)cc1NC(=O)[C@H](C)N=C1NS(=O)(=O)c2ccccc21. The van der Waals surface area contributed by atoms with E-state index in [0.29, 0.717) is 5.56 Å². The first-order chi connectivity index (χ1) is 15.6. The molecule has 0 bridgehead atoms. The van der Waals surface area contributed by atoms with Gasteiger partial charge in [0.15, 0.2) is 11.5 Å². The van der Waals surface area contributed by atoms with E-state index in [1.165, 1.54) is 26.2 Å². The number of fused-ring (bicyclic) bond motifs is 1. The van der Waals surface area contributed by atoms with Gasteiger partial charge in [-0.1, -0.05) is 12.1 Å². The molecule has 2 aromatic rings. The van der Waals surface area contributed by atoms with Gasteiger partial charge in [0.1, 0.15) is 11.9 Å². The summed E-state index contributed by atoms with van der Waals surface area (Å²) in [4.78, 5) is 29.1. The Labute approximate surface area is 187 Å². The Balaban J connectivity index is 1.93. The molecule has 3 rings (SSSR count). The molecule has 0 aromatic heterocycles. The molecule has 0 aliphatic carbocycles. The summed E-state index contributed by atoms with van der Waals surface area (Å²) in [6.07, 6.45) is 0. The Hall–Kier alpha value is -3.74. The highest BCUT2D eigenvalue weighted by molar-refractivity contribution is 7.90. The van der Waals surface area contributed by atoms with Crippen LogP contribution in [0.5, 0.6) is 11.5 Å². The Kier molecular flexibility index (Phi) is 6.81. The molecule has 0 spiro atoms. The predicted octanol–water partition coefficient (Wildman–Crippen LogP) is 2.15. The largest absolute Gasteiger partial charge is 0.493 e. The van der Waals surface area contributed by atoms with E-state index in [9.17, 15) is 26.8 Å². The van der Waals surface area contributed by atoms with Crippen molar-refractivity contribution in [3.8, 4) is 11.5 Å². The number of hydrogen-bond acceptors (Lipinski definition) is 8. The van der Waals surface area contributed by atoms with Crippen molar-refractivity contribution >= 4 is 33.4 Å². The zero-order chi connectivity index (χ0) is 24.3. The summed E-state index contributed by atoms with van der Waals surface area (Å²) in [5, 5.41) is 2.40. The molecule has 1 atom stereocenters. The number of carbonyl (C=O) groups excluding carboxylic acids is 2. The minimum Gasteiger partial charge on any atom is -0.493 e. The molecule has 13 heteroatoms. The first-order valence-electron chi connectivity index (χ1n) is 9.33. The summed E-state index contributed by atoms with van der Waals surface area (Å²) < 4.78 is 66.3. The van der Waals surface area contributed by atoms with Gasteiger partial charge in [-0.15, -0.1) is 0 Å². The van der Waals surface area contributed by atoms with Crippen LogP contribution in [0.15, 0.2) is 46.3 Å². The van der Waals surface area contributed by atoms with Gasteiger partial charge in [-0.25, -0.2) is 13.2 Å². The number of carbonyl (C=O) groups is 2. The van der Waals surface area contributed by atoms with Gasteiger partial charge in [0, 0.05) is 17.7 Å². The van der Waals surface area contributed by atoms with E-state index in [4.69, 9.17) is 4.74 Å². The van der Waals surface area contributed by atoms with Crippen molar-refractivity contribution < 1.29 is 41.0 Å². The summed E-state index contributed by atoms with van der Waals surface area (Å²) in [6.45, 7) is -1.80. The topological polar surface area (TPSA) is 132 Å². The Bertz CT molecular complexity index is 1230. The first kappa shape index (κ1) is 23.9. The third-order valence-corrected chi connectivity index (χ3v) is 5.95. The highest BCUT2D eigenvalue weighted by atomic mass is 32.2. The van der Waals surface area contributed by atoms with E-state index in [-0.39, 0.29) is 27.7 Å². The van der Waals surface area contributed by atoms with Crippen molar-refractivity contribution in [3.63, 3.8) is 0 Å². The lowest BCUT2D eigenvalue weighted by atomic mass is 10.1. The van der Waals surface area contributed by atoms with Crippen LogP contribution in [-0.2, 0) is 19.6 Å². The molecule has 176 valence electrons. The van der Waals surface area contributed by atoms with Crippen molar-refractivity contribution in [2.75, 3.05) is 19.5 Å². The van der Waals surface area contributed by atoms with Gasteiger partial charge in [0.25, 0.3) is 10.0 Å². The van der Waals surface area contributed by atoms with Gasteiger partial charge in [0.05, 0.1) is 30.4 Å². The van der Waals surface area contributed by atoms with Gasteiger partial charge < -0.3 is 19.5 Å². The number of sulfonamides is 1. The predicted molar refractivity (Wildman–Crippen MR) is 112 cm³/mol. The fourth-order valence-corrected chi connectivity index (χ4v) is 4.25. The van der Waals surface area contributed by atoms with Gasteiger partial charge in [0.2, 0.25) is 5.91 Å². The number of alkyl halides is 2. The molecular weight excluding hydrogens is 464 g/mol. The zero-order valence-corrected chi connectivity index (χ0v) is 18.4. The van der Waals surface area contributed by atoms with E-state index in [1.807, 2.05) is 0 Å². The molecule has 0 radical (unpaired) electrons. The zero-order valence-electron chi connectivity index (χ0n) is 17.6. The summed E-state index contributed by atoms with van der Waals surface area (Å²) >= 11 is 0. The molecule has 33 heavy (non-hydrogen) atoms. The number of nitrogens with zero attached hydrogens (tertiary/aromatic N) is 1. The number of methoxy groups -OCH3 is 2. The average molecular weight is 483 g/mol. The van der Waals surface area contributed by atoms with Crippen LogP contribution in [0.1, 0.15) is 22.8 Å². The number of nitrogens with one attached hydrogen (secondary N) is 2. The summed E-state index contributed by atoms with van der Waals surface area (Å²) in [7, 11) is -1.52. The number of rotatable bonds is 7. The Morgan fingerprint density at radius 1 is 1.12 bits per heavy atom. The fraction of sp³-hybridized carbons (Fsp3) is 0.250. The second-order valence-electron chi connectivity index (χ2n) is 6.66. The molecule has 1 heterocycles. The second kappa shape index (κ2) is 9.40. The van der Waals surface area contributed by atoms with Crippen LogP contribution < -0.4 is 19.5 Å². The lowest BCUT2D eigenvalue weighted by molar-refractivity contribution is -0.117. The molecule has 1 aliphatic heterocycles. The van der Waals surface area contributed by atoms with Crippen LogP contribution in [0.4, 0.5) is 14.5 Å². The Morgan fingerprint density at radius 3 is 2.45 bits per heavy atom. The summed E-state index contributed by atoms with van der Waals surface area (Å²) in [6, 6.07) is 7.03. The van der Waals surface area contributed by atoms with Gasteiger partial charge in [-0.2, -0.15) is 8.78 Å². The van der Waals surface area contributed by atoms with Crippen LogP contribution in [0.25, 0.3) is 0 Å². The van der Waals surface area contributed by atoms with E-state index < -0.39 is 40.3 Å². The van der Waals surface area contributed by atoms with Crippen LogP contribution >= 0.6 is 0 Å².